The van der Waals surface area contributed by atoms with E-state index in [0.29, 0.717) is 28.3 Å². The summed E-state index contributed by atoms with van der Waals surface area (Å²) in [5.74, 6) is 0.346. The van der Waals surface area contributed by atoms with Gasteiger partial charge in [0, 0.05) is 16.8 Å². The molecule has 0 aliphatic carbocycles. The van der Waals surface area contributed by atoms with E-state index in [2.05, 4.69) is 10.0 Å². The highest BCUT2D eigenvalue weighted by molar-refractivity contribution is 7.92. The Kier molecular flexibility index (Phi) is 5.48. The number of methoxy groups -OCH3 is 1. The highest BCUT2D eigenvalue weighted by Gasteiger charge is 2.18. The predicted octanol–water partition coefficient (Wildman–Crippen LogP) is 4.12. The average molecular weight is 402 g/mol. The Labute approximate surface area is 161 Å². The highest BCUT2D eigenvalue weighted by Crippen LogP contribution is 2.24. The van der Waals surface area contributed by atoms with E-state index in [4.69, 9.17) is 4.74 Å². The fraction of sp³-hybridized carbons (Fsp3) is 0.105. The second kappa shape index (κ2) is 7.81. The summed E-state index contributed by atoms with van der Waals surface area (Å²) in [4.78, 5) is 12.3. The van der Waals surface area contributed by atoms with E-state index in [-0.39, 0.29) is 10.8 Å². The summed E-state index contributed by atoms with van der Waals surface area (Å²) >= 11 is 1.42. The van der Waals surface area contributed by atoms with Gasteiger partial charge in [0.25, 0.3) is 15.9 Å². The Balaban J connectivity index is 1.84. The van der Waals surface area contributed by atoms with Crippen molar-refractivity contribution in [3.63, 3.8) is 0 Å². The quantitative estimate of drug-likeness (QED) is 0.650. The van der Waals surface area contributed by atoms with Crippen molar-refractivity contribution >= 4 is 38.6 Å². The number of hydrogen-bond donors (Lipinski definition) is 2. The maximum Gasteiger partial charge on any atom is 0.262 e. The molecule has 0 saturated heterocycles. The summed E-state index contributed by atoms with van der Waals surface area (Å²) in [7, 11) is -2.28. The minimum Gasteiger partial charge on any atom is -0.497 e. The van der Waals surface area contributed by atoms with Crippen molar-refractivity contribution in [2.75, 3.05) is 17.1 Å². The van der Waals surface area contributed by atoms with Crippen molar-refractivity contribution in [2.45, 2.75) is 11.8 Å². The van der Waals surface area contributed by atoms with Crippen molar-refractivity contribution in [3.8, 4) is 5.75 Å². The third-order valence-corrected chi connectivity index (χ3v) is 6.07. The van der Waals surface area contributed by atoms with E-state index in [1.807, 2.05) is 0 Å². The number of thiophene rings is 1. The lowest BCUT2D eigenvalue weighted by atomic mass is 10.2. The summed E-state index contributed by atoms with van der Waals surface area (Å²) < 4.78 is 33.2. The zero-order chi connectivity index (χ0) is 19.4. The number of rotatable bonds is 6. The molecule has 0 unspecified atom stereocenters. The van der Waals surface area contributed by atoms with Gasteiger partial charge in [-0.15, -0.1) is 0 Å². The third-order valence-electron chi connectivity index (χ3n) is 3.86. The first-order valence-electron chi connectivity index (χ1n) is 8.00. The molecule has 2 aromatic carbocycles. The fourth-order valence-electron chi connectivity index (χ4n) is 2.43. The van der Waals surface area contributed by atoms with E-state index in [1.165, 1.54) is 17.4 Å². The van der Waals surface area contributed by atoms with Crippen LogP contribution in [0.5, 0.6) is 5.75 Å². The van der Waals surface area contributed by atoms with Crippen LogP contribution in [0.3, 0.4) is 0 Å². The van der Waals surface area contributed by atoms with Crippen LogP contribution in [0.1, 0.15) is 15.9 Å². The SMILES string of the molecule is COc1ccc(NS(=O)(=O)c2cc(NC(=O)c3ccsc3)ccc2C)cc1. The van der Waals surface area contributed by atoms with Gasteiger partial charge in [-0.05, 0) is 60.3 Å². The molecule has 3 rings (SSSR count). The van der Waals surface area contributed by atoms with E-state index < -0.39 is 10.0 Å². The molecule has 0 radical (unpaired) electrons. The maximum atomic E-state index is 12.8. The monoisotopic (exact) mass is 402 g/mol. The van der Waals surface area contributed by atoms with Crippen LogP contribution in [-0.2, 0) is 10.0 Å². The Hall–Kier alpha value is -2.84. The second-order valence-electron chi connectivity index (χ2n) is 5.78. The molecule has 0 aliphatic rings. The van der Waals surface area contributed by atoms with Crippen LogP contribution in [0.4, 0.5) is 11.4 Å². The average Bonchev–Trinajstić information content (AvgIpc) is 3.18. The molecule has 1 amide bonds. The van der Waals surface area contributed by atoms with E-state index in [1.54, 1.807) is 67.3 Å². The lowest BCUT2D eigenvalue weighted by Gasteiger charge is -2.13. The van der Waals surface area contributed by atoms with Crippen LogP contribution in [0, 0.1) is 6.92 Å². The lowest BCUT2D eigenvalue weighted by molar-refractivity contribution is 0.102. The molecule has 0 spiro atoms. The maximum absolute atomic E-state index is 12.8. The number of ether oxygens (including phenoxy) is 1. The van der Waals surface area contributed by atoms with Gasteiger partial charge in [-0.3, -0.25) is 9.52 Å². The molecule has 1 aromatic heterocycles. The van der Waals surface area contributed by atoms with Crippen molar-refractivity contribution in [1.82, 2.24) is 0 Å². The molecule has 2 N–H and O–H groups in total. The van der Waals surface area contributed by atoms with Gasteiger partial charge in [0.2, 0.25) is 0 Å². The third kappa shape index (κ3) is 4.47. The zero-order valence-corrected chi connectivity index (χ0v) is 16.4. The van der Waals surface area contributed by atoms with Gasteiger partial charge in [0.05, 0.1) is 17.6 Å². The van der Waals surface area contributed by atoms with Crippen LogP contribution in [0.25, 0.3) is 0 Å². The number of anilines is 2. The van der Waals surface area contributed by atoms with E-state index in [9.17, 15) is 13.2 Å². The number of aryl methyl sites for hydroxylation is 1. The van der Waals surface area contributed by atoms with Gasteiger partial charge < -0.3 is 10.1 Å². The van der Waals surface area contributed by atoms with Crippen molar-refractivity contribution < 1.29 is 17.9 Å². The van der Waals surface area contributed by atoms with Crippen molar-refractivity contribution in [1.29, 1.82) is 0 Å². The number of amides is 1. The highest BCUT2D eigenvalue weighted by atomic mass is 32.2. The molecule has 0 aliphatic heterocycles. The molecule has 0 bridgehead atoms. The summed E-state index contributed by atoms with van der Waals surface area (Å²) in [6, 6.07) is 13.1. The van der Waals surface area contributed by atoms with Gasteiger partial charge in [-0.2, -0.15) is 11.3 Å². The molecule has 6 nitrogen and oxygen atoms in total. The Morgan fingerprint density at radius 2 is 1.74 bits per heavy atom. The molecule has 1 heterocycles. The van der Waals surface area contributed by atoms with Gasteiger partial charge in [-0.1, -0.05) is 6.07 Å². The number of carbonyl (C=O) groups excluding carboxylic acids is 1. The van der Waals surface area contributed by atoms with E-state index >= 15 is 0 Å². The molecule has 0 atom stereocenters. The van der Waals surface area contributed by atoms with Crippen LogP contribution < -0.4 is 14.8 Å². The first kappa shape index (κ1) is 18.9. The molecule has 3 aromatic rings. The summed E-state index contributed by atoms with van der Waals surface area (Å²) in [5.41, 5.74) is 1.93. The van der Waals surface area contributed by atoms with Crippen LogP contribution in [-0.4, -0.2) is 21.4 Å². The summed E-state index contributed by atoms with van der Waals surface area (Å²) in [5, 5.41) is 6.25. The number of benzene rings is 2. The Morgan fingerprint density at radius 3 is 2.37 bits per heavy atom. The first-order valence-corrected chi connectivity index (χ1v) is 10.4. The number of sulfonamides is 1. The predicted molar refractivity (Wildman–Crippen MR) is 107 cm³/mol. The zero-order valence-electron chi connectivity index (χ0n) is 14.7. The largest absolute Gasteiger partial charge is 0.497 e. The van der Waals surface area contributed by atoms with Crippen molar-refractivity contribution in [2.24, 2.45) is 0 Å². The minimum absolute atomic E-state index is 0.0986. The summed E-state index contributed by atoms with van der Waals surface area (Å²) in [6.45, 7) is 1.70. The van der Waals surface area contributed by atoms with Gasteiger partial charge >= 0.3 is 0 Å². The fourth-order valence-corrected chi connectivity index (χ4v) is 4.40. The topological polar surface area (TPSA) is 84.5 Å². The number of hydrogen-bond acceptors (Lipinski definition) is 5. The standard InChI is InChI=1S/C19H18N2O4S2/c1-13-3-4-16(20-19(22)14-9-10-26-12-14)11-18(13)27(23,24)21-15-5-7-17(25-2)8-6-15/h3-12,21H,1-2H3,(H,20,22). The molecule has 8 heteroatoms. The Bertz CT molecular complexity index is 1040. The number of nitrogens with one attached hydrogen (secondary N) is 2. The minimum atomic E-state index is -3.82. The molecule has 140 valence electrons. The van der Waals surface area contributed by atoms with Crippen LogP contribution >= 0.6 is 11.3 Å². The molecule has 0 saturated carbocycles. The smallest absolute Gasteiger partial charge is 0.262 e. The van der Waals surface area contributed by atoms with Gasteiger partial charge in [-0.25, -0.2) is 8.42 Å². The van der Waals surface area contributed by atoms with E-state index in [0.717, 1.165) is 0 Å². The number of carbonyl (C=O) groups is 1. The van der Waals surface area contributed by atoms with Gasteiger partial charge in [0.1, 0.15) is 5.75 Å². The molecule has 0 fully saturated rings. The first-order chi connectivity index (χ1) is 12.9. The van der Waals surface area contributed by atoms with Crippen molar-refractivity contribution in [3.05, 3.63) is 70.4 Å². The molecule has 27 heavy (non-hydrogen) atoms. The normalized spacial score (nSPS) is 11.0. The van der Waals surface area contributed by atoms with Gasteiger partial charge in [0.15, 0.2) is 0 Å². The molecular weight excluding hydrogens is 384 g/mol. The second-order valence-corrected chi connectivity index (χ2v) is 8.21. The summed E-state index contributed by atoms with van der Waals surface area (Å²) in [6.07, 6.45) is 0. The lowest BCUT2D eigenvalue weighted by Crippen LogP contribution is -2.16. The molecular formula is C19H18N2O4S2. The van der Waals surface area contributed by atoms with Crippen LogP contribution in [0.15, 0.2) is 64.2 Å². The van der Waals surface area contributed by atoms with Crippen LogP contribution in [0.2, 0.25) is 0 Å². The Morgan fingerprint density at radius 1 is 1.04 bits per heavy atom.